The number of halogens is 1. The van der Waals surface area contributed by atoms with E-state index in [9.17, 15) is 14.4 Å². The van der Waals surface area contributed by atoms with Crippen LogP contribution in [-0.2, 0) is 14.3 Å². The van der Waals surface area contributed by atoms with Gasteiger partial charge in [-0.2, -0.15) is 0 Å². The predicted octanol–water partition coefficient (Wildman–Crippen LogP) is 3.49. The first-order valence-electron chi connectivity index (χ1n) is 8.13. The van der Waals surface area contributed by atoms with Crippen LogP contribution in [0.5, 0.6) is 0 Å². The molecule has 2 amide bonds. The molecule has 0 aromatic heterocycles. The van der Waals surface area contributed by atoms with Crippen molar-refractivity contribution in [3.8, 4) is 0 Å². The number of esters is 1. The van der Waals surface area contributed by atoms with Gasteiger partial charge in [0.05, 0.1) is 6.42 Å². The van der Waals surface area contributed by atoms with Gasteiger partial charge in [-0.25, -0.2) is 0 Å². The molecule has 0 aliphatic heterocycles. The second-order valence-corrected chi connectivity index (χ2v) is 7.22. The molecule has 0 radical (unpaired) electrons. The number of rotatable bonds is 8. The summed E-state index contributed by atoms with van der Waals surface area (Å²) < 4.78 is 5.14. The minimum absolute atomic E-state index is 0.179. The zero-order valence-electron chi connectivity index (χ0n) is 14.6. The highest BCUT2D eigenvalue weighted by Crippen LogP contribution is 2.21. The van der Waals surface area contributed by atoms with Crippen LogP contribution >= 0.6 is 23.4 Å². The summed E-state index contributed by atoms with van der Waals surface area (Å²) in [5.41, 5.74) is 5.98. The van der Waals surface area contributed by atoms with Gasteiger partial charge in [-0.05, 0) is 55.5 Å². The molecule has 0 bridgehead atoms. The average Bonchev–Trinajstić information content (AvgIpc) is 2.63. The van der Waals surface area contributed by atoms with Crippen molar-refractivity contribution < 1.29 is 19.1 Å². The Hall–Kier alpha value is -2.51. The lowest BCUT2D eigenvalue weighted by Crippen LogP contribution is -2.30. The number of hydrogen-bond acceptors (Lipinski definition) is 5. The molecule has 0 aliphatic rings. The minimum Gasteiger partial charge on any atom is -0.453 e. The molecule has 2 aromatic carbocycles. The van der Waals surface area contributed by atoms with E-state index >= 15 is 0 Å². The molecule has 1 atom stereocenters. The SMILES string of the molecule is C[C@@H](OC(=O)CCSc1ccc(Cl)cc1)C(=O)Nc1ccc(C(N)=O)cc1. The van der Waals surface area contributed by atoms with Crippen LogP contribution in [0.1, 0.15) is 23.7 Å². The first-order valence-corrected chi connectivity index (χ1v) is 9.50. The van der Waals surface area contributed by atoms with E-state index in [1.54, 1.807) is 24.3 Å². The van der Waals surface area contributed by atoms with E-state index in [0.717, 1.165) is 4.90 Å². The Morgan fingerprint density at radius 1 is 1.11 bits per heavy atom. The maximum atomic E-state index is 12.1. The van der Waals surface area contributed by atoms with Crippen LogP contribution in [0.25, 0.3) is 0 Å². The molecule has 0 saturated carbocycles. The summed E-state index contributed by atoms with van der Waals surface area (Å²) in [5, 5.41) is 3.27. The van der Waals surface area contributed by atoms with Crippen LogP contribution in [0.4, 0.5) is 5.69 Å². The zero-order valence-corrected chi connectivity index (χ0v) is 16.2. The van der Waals surface area contributed by atoms with Crippen molar-refractivity contribution in [2.24, 2.45) is 5.73 Å². The number of benzene rings is 2. The third-order valence-electron chi connectivity index (χ3n) is 3.50. The number of primary amides is 1. The Kier molecular flexibility index (Phi) is 7.69. The molecule has 0 spiro atoms. The molecule has 27 heavy (non-hydrogen) atoms. The van der Waals surface area contributed by atoms with Crippen LogP contribution < -0.4 is 11.1 Å². The standard InChI is InChI=1S/C19H19ClN2O4S/c1-12(19(25)22-15-6-2-13(3-7-15)18(21)24)26-17(23)10-11-27-16-8-4-14(20)5-9-16/h2-9,12H,10-11H2,1H3,(H2,21,24)(H,22,25)/t12-/m1/s1. The van der Waals surface area contributed by atoms with E-state index in [-0.39, 0.29) is 6.42 Å². The Morgan fingerprint density at radius 2 is 1.74 bits per heavy atom. The maximum absolute atomic E-state index is 12.1. The number of anilines is 1. The summed E-state index contributed by atoms with van der Waals surface area (Å²) in [4.78, 5) is 36.0. The summed E-state index contributed by atoms with van der Waals surface area (Å²) >= 11 is 7.32. The van der Waals surface area contributed by atoms with Gasteiger partial charge in [0.1, 0.15) is 0 Å². The highest BCUT2D eigenvalue weighted by molar-refractivity contribution is 7.99. The molecule has 0 unspecified atom stereocenters. The van der Waals surface area contributed by atoms with E-state index in [0.29, 0.717) is 22.0 Å². The summed E-state index contributed by atoms with van der Waals surface area (Å²) in [5.74, 6) is -0.931. The van der Waals surface area contributed by atoms with Gasteiger partial charge >= 0.3 is 5.97 Å². The van der Waals surface area contributed by atoms with Gasteiger partial charge in [0.2, 0.25) is 5.91 Å². The van der Waals surface area contributed by atoms with E-state index in [4.69, 9.17) is 22.1 Å². The van der Waals surface area contributed by atoms with Crippen molar-refractivity contribution in [2.45, 2.75) is 24.3 Å². The fraction of sp³-hybridized carbons (Fsp3) is 0.211. The summed E-state index contributed by atoms with van der Waals surface area (Å²) in [6.07, 6.45) is -0.757. The smallest absolute Gasteiger partial charge is 0.307 e. The minimum atomic E-state index is -0.936. The van der Waals surface area contributed by atoms with Crippen LogP contribution in [0.3, 0.4) is 0 Å². The number of hydrogen-bond donors (Lipinski definition) is 2. The molecule has 2 aromatic rings. The van der Waals surface area contributed by atoms with Gasteiger partial charge < -0.3 is 15.8 Å². The number of carbonyl (C=O) groups excluding carboxylic acids is 3. The van der Waals surface area contributed by atoms with Crippen LogP contribution in [0.15, 0.2) is 53.4 Å². The Balaban J connectivity index is 1.75. The van der Waals surface area contributed by atoms with Crippen molar-refractivity contribution in [3.05, 3.63) is 59.1 Å². The summed E-state index contributed by atoms with van der Waals surface area (Å²) in [7, 11) is 0. The van der Waals surface area contributed by atoms with Gasteiger partial charge in [-0.15, -0.1) is 11.8 Å². The van der Waals surface area contributed by atoms with Crippen molar-refractivity contribution in [2.75, 3.05) is 11.1 Å². The topological polar surface area (TPSA) is 98.5 Å². The second kappa shape index (κ2) is 9.99. The number of nitrogens with one attached hydrogen (secondary N) is 1. The highest BCUT2D eigenvalue weighted by Gasteiger charge is 2.18. The van der Waals surface area contributed by atoms with E-state index in [2.05, 4.69) is 5.32 Å². The zero-order chi connectivity index (χ0) is 19.8. The lowest BCUT2D eigenvalue weighted by atomic mass is 10.2. The molecule has 0 saturated heterocycles. The van der Waals surface area contributed by atoms with E-state index in [1.807, 2.05) is 12.1 Å². The quantitative estimate of drug-likeness (QED) is 0.516. The van der Waals surface area contributed by atoms with Crippen LogP contribution in [0, 0.1) is 0 Å². The van der Waals surface area contributed by atoms with Crippen molar-refractivity contribution in [3.63, 3.8) is 0 Å². The highest BCUT2D eigenvalue weighted by atomic mass is 35.5. The predicted molar refractivity (Wildman–Crippen MR) is 106 cm³/mol. The van der Waals surface area contributed by atoms with Gasteiger partial charge in [0, 0.05) is 26.9 Å². The largest absolute Gasteiger partial charge is 0.453 e. The third-order valence-corrected chi connectivity index (χ3v) is 4.77. The number of thioether (sulfide) groups is 1. The van der Waals surface area contributed by atoms with Gasteiger partial charge in [0.25, 0.3) is 5.91 Å². The maximum Gasteiger partial charge on any atom is 0.307 e. The lowest BCUT2D eigenvalue weighted by molar-refractivity contribution is -0.152. The van der Waals surface area contributed by atoms with Crippen LogP contribution in [0.2, 0.25) is 5.02 Å². The first kappa shape index (κ1) is 20.8. The average molecular weight is 407 g/mol. The molecule has 0 heterocycles. The first-order chi connectivity index (χ1) is 12.8. The third kappa shape index (κ3) is 6.96. The molecular formula is C19H19ClN2O4S. The molecule has 3 N–H and O–H groups in total. The molecule has 6 nitrogen and oxygen atoms in total. The number of nitrogens with two attached hydrogens (primary N) is 1. The van der Waals surface area contributed by atoms with Gasteiger partial charge in [-0.1, -0.05) is 11.6 Å². The Bertz CT molecular complexity index is 809. The second-order valence-electron chi connectivity index (χ2n) is 5.62. The monoisotopic (exact) mass is 406 g/mol. The number of carbonyl (C=O) groups is 3. The molecule has 8 heteroatoms. The van der Waals surface area contributed by atoms with Crippen molar-refractivity contribution in [1.29, 1.82) is 0 Å². The lowest BCUT2D eigenvalue weighted by Gasteiger charge is -2.13. The van der Waals surface area contributed by atoms with Crippen molar-refractivity contribution >= 4 is 46.8 Å². The molecule has 0 fully saturated rings. The van der Waals surface area contributed by atoms with Crippen LogP contribution in [-0.4, -0.2) is 29.6 Å². The summed E-state index contributed by atoms with van der Waals surface area (Å²) in [6.45, 7) is 1.50. The fourth-order valence-corrected chi connectivity index (χ4v) is 3.01. The van der Waals surface area contributed by atoms with Gasteiger partial charge in [0.15, 0.2) is 6.10 Å². The number of amides is 2. The molecular weight excluding hydrogens is 388 g/mol. The molecule has 2 rings (SSSR count). The van der Waals surface area contributed by atoms with E-state index < -0.39 is 23.9 Å². The Labute approximate surface area is 166 Å². The van der Waals surface area contributed by atoms with Gasteiger partial charge in [-0.3, -0.25) is 14.4 Å². The molecule has 0 aliphatic carbocycles. The van der Waals surface area contributed by atoms with Crippen molar-refractivity contribution in [1.82, 2.24) is 0 Å². The Morgan fingerprint density at radius 3 is 2.33 bits per heavy atom. The van der Waals surface area contributed by atoms with E-state index in [1.165, 1.54) is 30.8 Å². The number of ether oxygens (including phenoxy) is 1. The molecule has 142 valence electrons. The summed E-state index contributed by atoms with van der Waals surface area (Å²) in [6, 6.07) is 13.4. The fourth-order valence-electron chi connectivity index (χ4n) is 2.05. The normalized spacial score (nSPS) is 11.5.